The summed E-state index contributed by atoms with van der Waals surface area (Å²) in [4.78, 5) is 30.6. The summed E-state index contributed by atoms with van der Waals surface area (Å²) in [6, 6.07) is 17.0. The van der Waals surface area contributed by atoms with Crippen molar-refractivity contribution in [1.82, 2.24) is 15.0 Å². The van der Waals surface area contributed by atoms with E-state index < -0.39 is 17.3 Å². The lowest BCUT2D eigenvalue weighted by Gasteiger charge is -2.51. The van der Waals surface area contributed by atoms with E-state index in [0.29, 0.717) is 38.9 Å². The van der Waals surface area contributed by atoms with Gasteiger partial charge in [-0.05, 0) is 42.9 Å². The Hall–Kier alpha value is -3.52. The molecular weight excluding hydrogens is 473 g/mol. The molecule has 2 aromatic carbocycles. The van der Waals surface area contributed by atoms with Crippen LogP contribution in [0.4, 0.5) is 4.39 Å². The lowest BCUT2D eigenvalue weighted by atomic mass is 9.68. The molecule has 0 unspecified atom stereocenters. The van der Waals surface area contributed by atoms with E-state index in [4.69, 9.17) is 4.52 Å². The summed E-state index contributed by atoms with van der Waals surface area (Å²) < 4.78 is 19.4. The van der Waals surface area contributed by atoms with E-state index in [-0.39, 0.29) is 40.8 Å². The van der Waals surface area contributed by atoms with Crippen molar-refractivity contribution < 1.29 is 23.6 Å². The van der Waals surface area contributed by atoms with Crippen LogP contribution in [-0.4, -0.2) is 57.6 Å². The van der Waals surface area contributed by atoms with E-state index in [1.54, 1.807) is 23.1 Å². The Morgan fingerprint density at radius 3 is 2.49 bits per heavy atom. The first-order valence-corrected chi connectivity index (χ1v) is 12.8. The van der Waals surface area contributed by atoms with Gasteiger partial charge in [-0.3, -0.25) is 9.59 Å². The average Bonchev–Trinajstić information content (AvgIpc) is 3.38. The fourth-order valence-corrected chi connectivity index (χ4v) is 5.76. The van der Waals surface area contributed by atoms with Crippen LogP contribution < -0.4 is 0 Å². The van der Waals surface area contributed by atoms with E-state index >= 15 is 0 Å². The minimum absolute atomic E-state index is 0.0368. The molecule has 0 saturated carbocycles. The van der Waals surface area contributed by atoms with Gasteiger partial charge in [0.15, 0.2) is 0 Å². The highest BCUT2D eigenvalue weighted by atomic mass is 19.1. The summed E-state index contributed by atoms with van der Waals surface area (Å²) in [6.07, 6.45) is 0.582. The van der Waals surface area contributed by atoms with Gasteiger partial charge in [-0.25, -0.2) is 4.39 Å². The standard InChI is InChI=1S/C29H32FN3O4/c1-19(2)18-33-26(20-8-4-3-5-9-20)24(34)17-29(28(33)36)12-14-32(15-13-29)27(35)25-16-23(31-37-25)21-10-6-7-11-22(21)30/h3-11,16,19,24,26,34H,12-15,17-18H2,1-2H3/t24-,26+/m1/s1. The molecule has 5 rings (SSSR count). The summed E-state index contributed by atoms with van der Waals surface area (Å²) in [5.41, 5.74) is 0.748. The summed E-state index contributed by atoms with van der Waals surface area (Å²) >= 11 is 0. The predicted molar refractivity (Wildman–Crippen MR) is 136 cm³/mol. The lowest BCUT2D eigenvalue weighted by molar-refractivity contribution is -0.164. The number of carbonyl (C=O) groups is 2. The zero-order valence-corrected chi connectivity index (χ0v) is 21.1. The van der Waals surface area contributed by atoms with Gasteiger partial charge < -0.3 is 19.4 Å². The molecule has 3 heterocycles. The third-order valence-corrected chi connectivity index (χ3v) is 7.60. The maximum atomic E-state index is 14.1. The molecule has 8 heteroatoms. The molecule has 194 valence electrons. The van der Waals surface area contributed by atoms with E-state index in [0.717, 1.165) is 5.56 Å². The first-order chi connectivity index (χ1) is 17.8. The van der Waals surface area contributed by atoms with Crippen LogP contribution >= 0.6 is 0 Å². The van der Waals surface area contributed by atoms with Gasteiger partial charge in [-0.15, -0.1) is 0 Å². The third kappa shape index (κ3) is 4.78. The Morgan fingerprint density at radius 2 is 1.81 bits per heavy atom. The Labute approximate surface area is 215 Å². The SMILES string of the molecule is CC(C)CN1C(=O)C2(CCN(C(=O)c3cc(-c4ccccc4F)no3)CC2)C[C@@H](O)[C@@H]1c1ccccc1. The minimum Gasteiger partial charge on any atom is -0.391 e. The Morgan fingerprint density at radius 1 is 1.14 bits per heavy atom. The van der Waals surface area contributed by atoms with Gasteiger partial charge in [0.1, 0.15) is 11.5 Å². The third-order valence-electron chi connectivity index (χ3n) is 7.60. The summed E-state index contributed by atoms with van der Waals surface area (Å²) in [5.74, 6) is -0.447. The van der Waals surface area contributed by atoms with Gasteiger partial charge in [0, 0.05) is 31.3 Å². The Bertz CT molecular complexity index is 1270. The minimum atomic E-state index is -0.712. The van der Waals surface area contributed by atoms with Gasteiger partial charge in [-0.1, -0.05) is 61.5 Å². The maximum Gasteiger partial charge on any atom is 0.292 e. The van der Waals surface area contributed by atoms with Crippen molar-refractivity contribution in [1.29, 1.82) is 0 Å². The quantitative estimate of drug-likeness (QED) is 0.544. The van der Waals surface area contributed by atoms with Crippen LogP contribution in [0.1, 0.15) is 55.3 Å². The van der Waals surface area contributed by atoms with Crippen LogP contribution in [0.15, 0.2) is 65.2 Å². The molecule has 1 aromatic heterocycles. The van der Waals surface area contributed by atoms with E-state index in [2.05, 4.69) is 19.0 Å². The zero-order valence-electron chi connectivity index (χ0n) is 21.1. The van der Waals surface area contributed by atoms with Crippen LogP contribution in [-0.2, 0) is 4.79 Å². The van der Waals surface area contributed by atoms with Gasteiger partial charge in [0.05, 0.1) is 17.6 Å². The fourth-order valence-electron chi connectivity index (χ4n) is 5.76. The van der Waals surface area contributed by atoms with Crippen molar-refractivity contribution in [3.05, 3.63) is 77.8 Å². The van der Waals surface area contributed by atoms with Gasteiger partial charge in [0.25, 0.3) is 5.91 Å². The predicted octanol–water partition coefficient (Wildman–Crippen LogP) is 4.69. The number of aromatic nitrogens is 1. The molecule has 2 aliphatic rings. The maximum absolute atomic E-state index is 14.1. The van der Waals surface area contributed by atoms with Crippen LogP contribution in [0.3, 0.4) is 0 Å². The molecule has 2 amide bonds. The molecule has 2 aliphatic heterocycles. The van der Waals surface area contributed by atoms with Crippen LogP contribution in [0.25, 0.3) is 11.3 Å². The second-order valence-electron chi connectivity index (χ2n) is 10.6. The van der Waals surface area contributed by atoms with E-state index in [9.17, 15) is 19.1 Å². The number of aliphatic hydroxyl groups is 1. The highest BCUT2D eigenvalue weighted by molar-refractivity contribution is 5.93. The molecule has 0 bridgehead atoms. The van der Waals surface area contributed by atoms with E-state index in [1.807, 2.05) is 35.2 Å². The largest absolute Gasteiger partial charge is 0.391 e. The number of carbonyl (C=O) groups excluding carboxylic acids is 2. The van der Waals surface area contributed by atoms with Crippen LogP contribution in [0, 0.1) is 17.2 Å². The van der Waals surface area contributed by atoms with Crippen LogP contribution in [0.2, 0.25) is 0 Å². The zero-order chi connectivity index (χ0) is 26.2. The molecule has 37 heavy (non-hydrogen) atoms. The van der Waals surface area contributed by atoms with E-state index in [1.165, 1.54) is 12.1 Å². The van der Waals surface area contributed by atoms with Crippen molar-refractivity contribution in [2.24, 2.45) is 11.3 Å². The Kier molecular flexibility index (Phi) is 6.86. The van der Waals surface area contributed by atoms with Crippen molar-refractivity contribution in [3.63, 3.8) is 0 Å². The molecule has 2 atom stereocenters. The number of hydrogen-bond donors (Lipinski definition) is 1. The molecule has 0 aliphatic carbocycles. The number of aliphatic hydroxyl groups excluding tert-OH is 1. The first-order valence-electron chi connectivity index (χ1n) is 12.8. The number of rotatable bonds is 5. The number of likely N-dealkylation sites (tertiary alicyclic amines) is 2. The smallest absolute Gasteiger partial charge is 0.292 e. The number of benzene rings is 2. The summed E-state index contributed by atoms with van der Waals surface area (Å²) in [7, 11) is 0. The van der Waals surface area contributed by atoms with Gasteiger partial charge in [-0.2, -0.15) is 0 Å². The van der Waals surface area contributed by atoms with Crippen LogP contribution in [0.5, 0.6) is 0 Å². The molecule has 7 nitrogen and oxygen atoms in total. The molecule has 2 fully saturated rings. The summed E-state index contributed by atoms with van der Waals surface area (Å²) in [5, 5.41) is 15.2. The van der Waals surface area contributed by atoms with Crippen molar-refractivity contribution in [2.45, 2.75) is 45.3 Å². The van der Waals surface area contributed by atoms with Crippen molar-refractivity contribution in [2.75, 3.05) is 19.6 Å². The second-order valence-corrected chi connectivity index (χ2v) is 10.6. The highest BCUT2D eigenvalue weighted by Crippen LogP contribution is 2.47. The number of nitrogens with zero attached hydrogens (tertiary/aromatic N) is 3. The second kappa shape index (κ2) is 10.1. The normalized spacial score (nSPS) is 21.6. The number of piperidine rings is 2. The molecule has 0 radical (unpaired) electrons. The molecule has 1 spiro atoms. The van der Waals surface area contributed by atoms with Gasteiger partial charge in [0.2, 0.25) is 11.7 Å². The topological polar surface area (TPSA) is 86.9 Å². The molecule has 3 aromatic rings. The molecule has 1 N–H and O–H groups in total. The molecule has 2 saturated heterocycles. The first kappa shape index (κ1) is 25.1. The Balaban J connectivity index is 1.32. The van der Waals surface area contributed by atoms with Gasteiger partial charge >= 0.3 is 0 Å². The number of halogens is 1. The van der Waals surface area contributed by atoms with Crippen molar-refractivity contribution >= 4 is 11.8 Å². The summed E-state index contributed by atoms with van der Waals surface area (Å²) in [6.45, 7) is 5.41. The average molecular weight is 506 g/mol. The number of amides is 2. The highest BCUT2D eigenvalue weighted by Gasteiger charge is 2.53. The lowest BCUT2D eigenvalue weighted by Crippen LogP contribution is -2.59. The fraction of sp³-hybridized carbons (Fsp3) is 0.414. The van der Waals surface area contributed by atoms with Crippen molar-refractivity contribution in [3.8, 4) is 11.3 Å². The monoisotopic (exact) mass is 505 g/mol. The molecular formula is C29H32FN3O4. The number of hydrogen-bond acceptors (Lipinski definition) is 5.